The Morgan fingerprint density at radius 2 is 1.70 bits per heavy atom. The molecule has 2 aliphatic rings. The van der Waals surface area contributed by atoms with Gasteiger partial charge in [-0.3, -0.25) is 9.58 Å². The highest BCUT2D eigenvalue weighted by Gasteiger charge is 2.39. The molecule has 0 aliphatic carbocycles. The zero-order chi connectivity index (χ0) is 29.9. The molecule has 1 saturated heterocycles. The second-order valence-corrected chi connectivity index (χ2v) is 8.87. The maximum atomic E-state index is 10.6. The van der Waals surface area contributed by atoms with E-state index in [9.17, 15) is 26.3 Å². The Morgan fingerprint density at radius 1 is 1.10 bits per heavy atom. The van der Waals surface area contributed by atoms with Crippen LogP contribution in [0.2, 0.25) is 0 Å². The van der Waals surface area contributed by atoms with Crippen LogP contribution in [0.5, 0.6) is 0 Å². The van der Waals surface area contributed by atoms with Crippen LogP contribution in [-0.2, 0) is 38.6 Å². The van der Waals surface area contributed by atoms with E-state index in [1.807, 2.05) is 12.1 Å². The minimum absolute atomic E-state index is 0.228. The summed E-state index contributed by atoms with van der Waals surface area (Å²) in [4.78, 5) is 20.3. The minimum Gasteiger partial charge on any atom is -0.475 e. The molecule has 2 aromatic rings. The Morgan fingerprint density at radius 3 is 2.20 bits per heavy atom. The molecule has 0 aromatic carbocycles. The number of halogens is 6. The van der Waals surface area contributed by atoms with Crippen molar-refractivity contribution in [1.82, 2.24) is 14.7 Å². The summed E-state index contributed by atoms with van der Waals surface area (Å²) < 4.78 is 82.7. The summed E-state index contributed by atoms with van der Waals surface area (Å²) in [6.45, 7) is 8.04. The van der Waals surface area contributed by atoms with Crippen LogP contribution < -0.4 is 0 Å². The van der Waals surface area contributed by atoms with Gasteiger partial charge in [0, 0.05) is 32.9 Å². The van der Waals surface area contributed by atoms with Gasteiger partial charge in [0.15, 0.2) is 0 Å². The molecule has 0 amide bonds. The summed E-state index contributed by atoms with van der Waals surface area (Å²) in [5.41, 5.74) is 2.71. The van der Waals surface area contributed by atoms with Crippen molar-refractivity contribution in [2.24, 2.45) is 5.92 Å². The third-order valence-electron chi connectivity index (χ3n) is 6.06. The van der Waals surface area contributed by atoms with Crippen LogP contribution in [0, 0.1) is 5.92 Å². The lowest BCUT2D eigenvalue weighted by Crippen LogP contribution is -2.39. The van der Waals surface area contributed by atoms with Crippen molar-refractivity contribution in [3.05, 3.63) is 41.6 Å². The number of aliphatic carboxylic acids is 2. The minimum atomic E-state index is -5.08. The first-order valence-electron chi connectivity index (χ1n) is 12.3. The van der Waals surface area contributed by atoms with Gasteiger partial charge in [0.1, 0.15) is 5.76 Å². The van der Waals surface area contributed by atoms with Gasteiger partial charge in [0.05, 0.1) is 37.3 Å². The van der Waals surface area contributed by atoms with Gasteiger partial charge in [-0.1, -0.05) is 0 Å². The molecular formula is C24H31F6N3O7. The molecule has 1 unspecified atom stereocenters. The predicted molar refractivity (Wildman–Crippen MR) is 125 cm³/mol. The van der Waals surface area contributed by atoms with E-state index in [4.69, 9.17) is 38.8 Å². The number of hydrogen-bond donors (Lipinski definition) is 2. The van der Waals surface area contributed by atoms with Crippen LogP contribution in [-0.4, -0.2) is 82.2 Å². The van der Waals surface area contributed by atoms with Crippen molar-refractivity contribution in [1.29, 1.82) is 0 Å². The highest BCUT2D eigenvalue weighted by molar-refractivity contribution is 5.73. The first-order valence-corrected chi connectivity index (χ1v) is 12.3. The van der Waals surface area contributed by atoms with Crippen LogP contribution in [0.4, 0.5) is 26.3 Å². The van der Waals surface area contributed by atoms with Gasteiger partial charge in [-0.2, -0.15) is 31.4 Å². The Bertz CT molecular complexity index is 1030. The third-order valence-corrected chi connectivity index (χ3v) is 6.06. The summed E-state index contributed by atoms with van der Waals surface area (Å²) in [6.07, 6.45) is -3.07. The van der Waals surface area contributed by atoms with E-state index in [-0.39, 0.29) is 6.04 Å². The van der Waals surface area contributed by atoms with Crippen molar-refractivity contribution >= 4 is 11.9 Å². The fourth-order valence-corrected chi connectivity index (χ4v) is 4.13. The smallest absolute Gasteiger partial charge is 0.475 e. The zero-order valence-electron chi connectivity index (χ0n) is 21.6. The Balaban J connectivity index is 0.000000333. The summed E-state index contributed by atoms with van der Waals surface area (Å²) in [5.74, 6) is -3.86. The first kappa shape index (κ1) is 33.1. The topological polar surface area (TPSA) is 127 Å². The highest BCUT2D eigenvalue weighted by Crippen LogP contribution is 2.32. The molecule has 10 nitrogen and oxygen atoms in total. The SMILES string of the molecule is CCOCC1c2c(cnn2CC2CCOCC2)CCN1Cc1ccco1.O=C(O)C(F)(F)F.O=C(O)C(F)(F)F. The number of fused-ring (bicyclic) bond motifs is 1. The van der Waals surface area contributed by atoms with E-state index in [0.29, 0.717) is 12.5 Å². The number of rotatable bonds is 7. The Kier molecular flexibility index (Phi) is 12.4. The van der Waals surface area contributed by atoms with Crippen LogP contribution in [0.15, 0.2) is 29.0 Å². The number of hydrogen-bond acceptors (Lipinski definition) is 7. The molecule has 226 valence electrons. The van der Waals surface area contributed by atoms with E-state index in [1.165, 1.54) is 11.3 Å². The Hall–Kier alpha value is -3.11. The van der Waals surface area contributed by atoms with E-state index in [0.717, 1.165) is 64.5 Å². The Labute approximate surface area is 225 Å². The molecule has 0 radical (unpaired) electrons. The number of carboxylic acid groups (broad SMARTS) is 2. The van der Waals surface area contributed by atoms with Gasteiger partial charge >= 0.3 is 24.3 Å². The number of furan rings is 1. The van der Waals surface area contributed by atoms with Crippen molar-refractivity contribution in [2.45, 2.75) is 57.7 Å². The number of alkyl halides is 6. The maximum Gasteiger partial charge on any atom is 0.490 e. The molecule has 2 aromatic heterocycles. The summed E-state index contributed by atoms with van der Waals surface area (Å²) >= 11 is 0. The van der Waals surface area contributed by atoms with Crippen molar-refractivity contribution in [3.63, 3.8) is 0 Å². The number of ether oxygens (including phenoxy) is 2. The van der Waals surface area contributed by atoms with Crippen LogP contribution in [0.3, 0.4) is 0 Å². The molecule has 1 atom stereocenters. The fraction of sp³-hybridized carbons (Fsp3) is 0.625. The molecule has 4 heterocycles. The van der Waals surface area contributed by atoms with E-state index < -0.39 is 24.3 Å². The normalized spacial score (nSPS) is 18.1. The van der Waals surface area contributed by atoms with E-state index in [2.05, 4.69) is 22.7 Å². The summed E-state index contributed by atoms with van der Waals surface area (Å²) in [6, 6.07) is 4.23. The molecular weight excluding hydrogens is 556 g/mol. The lowest BCUT2D eigenvalue weighted by Gasteiger charge is -2.36. The standard InChI is InChI=1S/C20H29N3O3.2C2HF3O2/c1-2-24-15-19-20-17(5-8-22(19)14-18-4-3-9-26-18)12-21-23(20)13-16-6-10-25-11-7-16;2*3-2(4,5)1(6)7/h3-4,9,12,16,19H,2,5-8,10-11,13-15H2,1H3;2*(H,6,7). The zero-order valence-corrected chi connectivity index (χ0v) is 21.6. The van der Waals surface area contributed by atoms with Crippen LogP contribution >= 0.6 is 0 Å². The number of carbonyl (C=O) groups is 2. The first-order chi connectivity index (χ1) is 18.7. The lowest BCUT2D eigenvalue weighted by molar-refractivity contribution is -0.193. The van der Waals surface area contributed by atoms with Crippen molar-refractivity contribution in [2.75, 3.05) is 33.0 Å². The summed E-state index contributed by atoms with van der Waals surface area (Å²) in [5, 5.41) is 19.0. The van der Waals surface area contributed by atoms with Crippen molar-refractivity contribution in [3.8, 4) is 0 Å². The van der Waals surface area contributed by atoms with Crippen molar-refractivity contribution < 1.29 is 60.0 Å². The molecule has 16 heteroatoms. The molecule has 2 aliphatic heterocycles. The van der Waals surface area contributed by atoms with Gasteiger partial charge in [0.25, 0.3) is 0 Å². The average molecular weight is 588 g/mol. The molecule has 2 N–H and O–H groups in total. The monoisotopic (exact) mass is 587 g/mol. The maximum absolute atomic E-state index is 10.6. The summed E-state index contributed by atoms with van der Waals surface area (Å²) in [7, 11) is 0. The van der Waals surface area contributed by atoms with Gasteiger partial charge < -0.3 is 24.1 Å². The second-order valence-electron chi connectivity index (χ2n) is 8.87. The molecule has 0 saturated carbocycles. The van der Waals surface area contributed by atoms with E-state index >= 15 is 0 Å². The molecule has 1 fully saturated rings. The molecule has 4 rings (SSSR count). The van der Waals surface area contributed by atoms with E-state index in [1.54, 1.807) is 6.26 Å². The quantitative estimate of drug-likeness (QED) is 0.456. The highest BCUT2D eigenvalue weighted by atomic mass is 19.4. The lowest BCUT2D eigenvalue weighted by atomic mass is 9.97. The van der Waals surface area contributed by atoms with Crippen LogP contribution in [0.1, 0.15) is 42.8 Å². The fourth-order valence-electron chi connectivity index (χ4n) is 4.13. The number of nitrogens with zero attached hydrogens (tertiary/aromatic N) is 3. The van der Waals surface area contributed by atoms with Gasteiger partial charge in [-0.15, -0.1) is 0 Å². The molecule has 0 bridgehead atoms. The van der Waals surface area contributed by atoms with Gasteiger partial charge in [-0.05, 0) is 49.8 Å². The average Bonchev–Trinajstić information content (AvgIpc) is 3.54. The largest absolute Gasteiger partial charge is 0.490 e. The number of carboxylic acids is 2. The molecule has 40 heavy (non-hydrogen) atoms. The predicted octanol–water partition coefficient (Wildman–Crippen LogP) is 4.31. The van der Waals surface area contributed by atoms with Gasteiger partial charge in [0.2, 0.25) is 0 Å². The number of aromatic nitrogens is 2. The molecule has 0 spiro atoms. The van der Waals surface area contributed by atoms with Crippen LogP contribution in [0.25, 0.3) is 0 Å². The second kappa shape index (κ2) is 15.0. The van der Waals surface area contributed by atoms with Gasteiger partial charge in [-0.25, -0.2) is 9.59 Å². The third kappa shape index (κ3) is 10.5.